The molecular formula is C27H21FN6O3S. The van der Waals surface area contributed by atoms with E-state index in [1.807, 2.05) is 6.07 Å². The van der Waals surface area contributed by atoms with Crippen LogP contribution in [0, 0.1) is 5.95 Å². The predicted molar refractivity (Wildman–Crippen MR) is 143 cm³/mol. The van der Waals surface area contributed by atoms with E-state index in [0.717, 1.165) is 4.88 Å². The zero-order chi connectivity index (χ0) is 26.6. The minimum atomic E-state index is -0.582. The van der Waals surface area contributed by atoms with Crippen molar-refractivity contribution < 1.29 is 18.8 Å². The van der Waals surface area contributed by atoms with Crippen LogP contribution in [-0.4, -0.2) is 32.3 Å². The molecule has 5 rings (SSSR count). The molecule has 0 aliphatic heterocycles. The van der Waals surface area contributed by atoms with Gasteiger partial charge in [-0.2, -0.15) is 4.39 Å². The van der Waals surface area contributed by atoms with Crippen molar-refractivity contribution in [2.75, 3.05) is 10.6 Å². The number of pyridine rings is 1. The van der Waals surface area contributed by atoms with Crippen LogP contribution in [0.3, 0.4) is 0 Å². The van der Waals surface area contributed by atoms with Crippen molar-refractivity contribution in [3.8, 4) is 10.4 Å². The summed E-state index contributed by atoms with van der Waals surface area (Å²) in [5.41, 5.74) is 8.26. The van der Waals surface area contributed by atoms with Gasteiger partial charge in [-0.3, -0.25) is 19.7 Å². The number of fused-ring (bicyclic) bond motifs is 1. The van der Waals surface area contributed by atoms with Crippen LogP contribution >= 0.6 is 11.3 Å². The van der Waals surface area contributed by atoms with E-state index in [4.69, 9.17) is 5.73 Å². The number of carbonyl (C=O) groups is 3. The smallest absolute Gasteiger partial charge is 0.268 e. The molecule has 3 amide bonds. The second kappa shape index (κ2) is 10.6. The van der Waals surface area contributed by atoms with Crippen LogP contribution in [0.2, 0.25) is 0 Å². The molecule has 38 heavy (non-hydrogen) atoms. The molecule has 0 saturated carbocycles. The van der Waals surface area contributed by atoms with Gasteiger partial charge < -0.3 is 15.6 Å². The molecule has 0 atom stereocenters. The maximum atomic E-state index is 13.2. The number of imidazole rings is 1. The number of benzene rings is 2. The number of carbonyl (C=O) groups excluding carboxylic acids is 3. The SMILES string of the molecule is NC(=O)CCn1c(NC(=O)c2ccc(-c3ccc(F)nc3)s2)nc2cc(NC(=O)c3ccccc3)ccc21. The van der Waals surface area contributed by atoms with Crippen molar-refractivity contribution in [1.29, 1.82) is 0 Å². The van der Waals surface area contributed by atoms with E-state index in [1.54, 1.807) is 65.2 Å². The number of aryl methyl sites for hydroxylation is 1. The number of halogens is 1. The number of rotatable bonds is 8. The highest BCUT2D eigenvalue weighted by Gasteiger charge is 2.18. The van der Waals surface area contributed by atoms with Crippen molar-refractivity contribution in [1.82, 2.24) is 14.5 Å². The molecule has 0 fully saturated rings. The third-order valence-electron chi connectivity index (χ3n) is 5.69. The van der Waals surface area contributed by atoms with Crippen molar-refractivity contribution in [2.24, 2.45) is 5.73 Å². The lowest BCUT2D eigenvalue weighted by Gasteiger charge is -2.09. The number of nitrogens with zero attached hydrogens (tertiary/aromatic N) is 3. The number of hydrogen-bond acceptors (Lipinski definition) is 6. The minimum absolute atomic E-state index is 0.0432. The molecule has 0 bridgehead atoms. The van der Waals surface area contributed by atoms with E-state index in [-0.39, 0.29) is 24.8 Å². The topological polar surface area (TPSA) is 132 Å². The molecule has 9 nitrogen and oxygen atoms in total. The van der Waals surface area contributed by atoms with Gasteiger partial charge in [-0.1, -0.05) is 18.2 Å². The first kappa shape index (κ1) is 24.8. The van der Waals surface area contributed by atoms with Crippen LogP contribution in [0.4, 0.5) is 16.0 Å². The number of amides is 3. The summed E-state index contributed by atoms with van der Waals surface area (Å²) < 4.78 is 14.8. The molecule has 0 radical (unpaired) electrons. The Bertz CT molecular complexity index is 1650. The van der Waals surface area contributed by atoms with Gasteiger partial charge in [0, 0.05) is 40.9 Å². The molecule has 0 aliphatic carbocycles. The van der Waals surface area contributed by atoms with Crippen LogP contribution in [-0.2, 0) is 11.3 Å². The molecule has 0 aliphatic rings. The molecule has 190 valence electrons. The highest BCUT2D eigenvalue weighted by atomic mass is 32.1. The summed E-state index contributed by atoms with van der Waals surface area (Å²) in [6, 6.07) is 20.2. The number of nitrogens with two attached hydrogens (primary N) is 1. The Morgan fingerprint density at radius 2 is 1.76 bits per heavy atom. The zero-order valence-corrected chi connectivity index (χ0v) is 20.7. The summed E-state index contributed by atoms with van der Waals surface area (Å²) >= 11 is 1.22. The molecular weight excluding hydrogens is 507 g/mol. The fourth-order valence-corrected chi connectivity index (χ4v) is 4.74. The molecule has 2 aromatic carbocycles. The Morgan fingerprint density at radius 1 is 0.947 bits per heavy atom. The molecule has 0 unspecified atom stereocenters. The van der Waals surface area contributed by atoms with Gasteiger partial charge in [-0.15, -0.1) is 11.3 Å². The summed E-state index contributed by atoms with van der Waals surface area (Å²) in [5, 5.41) is 5.65. The minimum Gasteiger partial charge on any atom is -0.370 e. The molecule has 5 aromatic rings. The van der Waals surface area contributed by atoms with Gasteiger partial charge in [-0.25, -0.2) is 9.97 Å². The van der Waals surface area contributed by atoms with Gasteiger partial charge >= 0.3 is 0 Å². The molecule has 3 heterocycles. The van der Waals surface area contributed by atoms with Crippen molar-refractivity contribution in [2.45, 2.75) is 13.0 Å². The van der Waals surface area contributed by atoms with E-state index < -0.39 is 17.8 Å². The zero-order valence-electron chi connectivity index (χ0n) is 19.8. The third-order valence-corrected chi connectivity index (χ3v) is 6.82. The predicted octanol–water partition coefficient (Wildman–Crippen LogP) is 4.68. The second-order valence-electron chi connectivity index (χ2n) is 8.31. The highest BCUT2D eigenvalue weighted by molar-refractivity contribution is 7.17. The molecule has 0 saturated heterocycles. The fraction of sp³-hybridized carbons (Fsp3) is 0.0741. The lowest BCUT2D eigenvalue weighted by Crippen LogP contribution is -2.18. The Kier molecular flexibility index (Phi) is 6.92. The third kappa shape index (κ3) is 5.42. The van der Waals surface area contributed by atoms with E-state index in [9.17, 15) is 18.8 Å². The average Bonchev–Trinajstić information content (AvgIpc) is 3.53. The van der Waals surface area contributed by atoms with Crippen molar-refractivity contribution in [3.63, 3.8) is 0 Å². The van der Waals surface area contributed by atoms with Crippen LogP contribution < -0.4 is 16.4 Å². The largest absolute Gasteiger partial charge is 0.370 e. The summed E-state index contributed by atoms with van der Waals surface area (Å²) in [6.07, 6.45) is 1.45. The van der Waals surface area contributed by atoms with Gasteiger partial charge in [0.1, 0.15) is 0 Å². The molecule has 11 heteroatoms. The molecule has 0 spiro atoms. The second-order valence-corrected chi connectivity index (χ2v) is 9.40. The fourth-order valence-electron chi connectivity index (χ4n) is 3.84. The molecule has 3 aromatic heterocycles. The van der Waals surface area contributed by atoms with Crippen molar-refractivity contribution >= 4 is 51.7 Å². The quantitative estimate of drug-likeness (QED) is 0.252. The van der Waals surface area contributed by atoms with E-state index >= 15 is 0 Å². The average molecular weight is 529 g/mol. The van der Waals surface area contributed by atoms with Gasteiger partial charge in [-0.05, 0) is 54.6 Å². The van der Waals surface area contributed by atoms with E-state index in [1.165, 1.54) is 23.6 Å². The van der Waals surface area contributed by atoms with Gasteiger partial charge in [0.05, 0.1) is 15.9 Å². The monoisotopic (exact) mass is 528 g/mol. The normalized spacial score (nSPS) is 10.9. The van der Waals surface area contributed by atoms with E-state index in [2.05, 4.69) is 20.6 Å². The standard InChI is InChI=1S/C27H21FN6O3S/c28-23-11-6-17(15-30-23)21-9-10-22(38-21)26(37)33-27-32-19-14-18(31-25(36)16-4-2-1-3-5-16)7-8-20(19)34(27)13-12-24(29)35/h1-11,14-15H,12-13H2,(H2,29,35)(H,31,36)(H,32,33,37). The number of primary amides is 1. The number of aromatic nitrogens is 3. The first-order valence-electron chi connectivity index (χ1n) is 11.6. The summed E-state index contributed by atoms with van der Waals surface area (Å²) in [6.45, 7) is 0.202. The van der Waals surface area contributed by atoms with Crippen LogP contribution in [0.15, 0.2) is 79.0 Å². The Hall–Kier alpha value is -4.90. The summed E-state index contributed by atoms with van der Waals surface area (Å²) in [7, 11) is 0. The van der Waals surface area contributed by atoms with Gasteiger partial charge in [0.15, 0.2) is 0 Å². The number of hydrogen-bond donors (Lipinski definition) is 3. The Labute approximate surface area is 220 Å². The summed E-state index contributed by atoms with van der Waals surface area (Å²) in [4.78, 5) is 46.5. The van der Waals surface area contributed by atoms with Gasteiger partial charge in [0.25, 0.3) is 11.8 Å². The van der Waals surface area contributed by atoms with Crippen LogP contribution in [0.25, 0.3) is 21.5 Å². The van der Waals surface area contributed by atoms with Crippen molar-refractivity contribution in [3.05, 3.63) is 95.4 Å². The maximum absolute atomic E-state index is 13.2. The van der Waals surface area contributed by atoms with Crippen LogP contribution in [0.1, 0.15) is 26.5 Å². The van der Waals surface area contributed by atoms with Gasteiger partial charge in [0.2, 0.25) is 17.8 Å². The Morgan fingerprint density at radius 3 is 2.50 bits per heavy atom. The van der Waals surface area contributed by atoms with E-state index in [0.29, 0.717) is 32.7 Å². The van der Waals surface area contributed by atoms with Crippen LogP contribution in [0.5, 0.6) is 0 Å². The first-order chi connectivity index (χ1) is 18.4. The Balaban J connectivity index is 1.41. The lowest BCUT2D eigenvalue weighted by atomic mass is 10.2. The number of anilines is 2. The number of nitrogens with one attached hydrogen (secondary N) is 2. The highest BCUT2D eigenvalue weighted by Crippen LogP contribution is 2.29. The maximum Gasteiger partial charge on any atom is 0.268 e. The number of thiophene rings is 1. The first-order valence-corrected chi connectivity index (χ1v) is 12.4. The lowest BCUT2D eigenvalue weighted by molar-refractivity contribution is -0.118. The summed E-state index contributed by atoms with van der Waals surface area (Å²) in [5.74, 6) is -1.51. The molecule has 4 N–H and O–H groups in total.